The Morgan fingerprint density at radius 3 is 2.82 bits per heavy atom. The molecule has 0 saturated heterocycles. The van der Waals surface area contributed by atoms with E-state index in [2.05, 4.69) is 27.0 Å². The second-order valence-corrected chi connectivity index (χ2v) is 4.27. The van der Waals surface area contributed by atoms with Gasteiger partial charge < -0.3 is 4.90 Å². The monoisotopic (exact) mass is 227 g/mol. The van der Waals surface area contributed by atoms with Crippen molar-refractivity contribution in [2.75, 3.05) is 27.2 Å². The van der Waals surface area contributed by atoms with Crippen LogP contribution in [0.3, 0.4) is 0 Å². The molecule has 0 saturated carbocycles. The Hall–Kier alpha value is -1.74. The number of aromatic nitrogens is 1. The zero-order valence-electron chi connectivity index (χ0n) is 10.3. The molecule has 17 heavy (non-hydrogen) atoms. The lowest BCUT2D eigenvalue weighted by molar-refractivity contribution is 0.421. The van der Waals surface area contributed by atoms with Crippen LogP contribution in [-0.2, 0) is 0 Å². The van der Waals surface area contributed by atoms with Crippen molar-refractivity contribution < 1.29 is 0 Å². The smallest absolute Gasteiger partial charge is 0.0815 e. The van der Waals surface area contributed by atoms with Crippen LogP contribution in [0.25, 0.3) is 10.9 Å². The van der Waals surface area contributed by atoms with E-state index in [1.165, 1.54) is 0 Å². The molecule has 1 aromatic carbocycles. The largest absolute Gasteiger partial charge is 0.308 e. The van der Waals surface area contributed by atoms with Crippen molar-refractivity contribution in [3.63, 3.8) is 0 Å². The van der Waals surface area contributed by atoms with Gasteiger partial charge in [-0.3, -0.25) is 4.99 Å². The third-order valence-corrected chi connectivity index (χ3v) is 2.52. The summed E-state index contributed by atoms with van der Waals surface area (Å²) in [6, 6.07) is 12.2. The van der Waals surface area contributed by atoms with Crippen LogP contribution in [-0.4, -0.2) is 43.3 Å². The van der Waals surface area contributed by atoms with E-state index in [0.29, 0.717) is 0 Å². The number of para-hydroxylation sites is 1. The standard InChI is InChI=1S/C14H17N3/c1-17(2)10-9-15-11-13-8-7-12-5-3-4-6-14(12)16-13/h3-8,11H,9-10H2,1-2H3. The fraction of sp³-hybridized carbons (Fsp3) is 0.286. The lowest BCUT2D eigenvalue weighted by Crippen LogP contribution is -2.15. The fourth-order valence-corrected chi connectivity index (χ4v) is 1.57. The normalized spacial score (nSPS) is 11.7. The van der Waals surface area contributed by atoms with E-state index in [0.717, 1.165) is 29.7 Å². The fourth-order valence-electron chi connectivity index (χ4n) is 1.57. The van der Waals surface area contributed by atoms with Gasteiger partial charge in [-0.2, -0.15) is 0 Å². The molecule has 0 unspecified atom stereocenters. The maximum atomic E-state index is 4.53. The quantitative estimate of drug-likeness (QED) is 0.749. The van der Waals surface area contributed by atoms with Gasteiger partial charge >= 0.3 is 0 Å². The highest BCUT2D eigenvalue weighted by Gasteiger charge is 1.94. The minimum absolute atomic E-state index is 0.807. The van der Waals surface area contributed by atoms with E-state index in [1.54, 1.807) is 0 Å². The molecule has 0 aliphatic carbocycles. The summed E-state index contributed by atoms with van der Waals surface area (Å²) in [6.07, 6.45) is 1.84. The van der Waals surface area contributed by atoms with Gasteiger partial charge in [0.05, 0.1) is 17.8 Å². The van der Waals surface area contributed by atoms with E-state index in [4.69, 9.17) is 0 Å². The van der Waals surface area contributed by atoms with Crippen LogP contribution >= 0.6 is 0 Å². The van der Waals surface area contributed by atoms with Gasteiger partial charge in [0.2, 0.25) is 0 Å². The van der Waals surface area contributed by atoms with Crippen LogP contribution in [0.2, 0.25) is 0 Å². The summed E-state index contributed by atoms with van der Waals surface area (Å²) in [7, 11) is 4.09. The average Bonchev–Trinajstić information content (AvgIpc) is 2.34. The Morgan fingerprint density at radius 1 is 1.18 bits per heavy atom. The minimum Gasteiger partial charge on any atom is -0.308 e. The predicted octanol–water partition coefficient (Wildman–Crippen LogP) is 2.22. The molecule has 3 nitrogen and oxygen atoms in total. The lowest BCUT2D eigenvalue weighted by atomic mass is 10.2. The van der Waals surface area contributed by atoms with Gasteiger partial charge in [0, 0.05) is 18.1 Å². The molecule has 1 heterocycles. The summed E-state index contributed by atoms with van der Waals surface area (Å²) < 4.78 is 0. The van der Waals surface area contributed by atoms with Gasteiger partial charge in [0.1, 0.15) is 0 Å². The van der Waals surface area contributed by atoms with Gasteiger partial charge in [-0.25, -0.2) is 4.98 Å². The number of nitrogens with zero attached hydrogens (tertiary/aromatic N) is 3. The first kappa shape index (κ1) is 11.7. The Labute approximate surface area is 102 Å². The number of pyridine rings is 1. The van der Waals surface area contributed by atoms with Crippen molar-refractivity contribution in [1.82, 2.24) is 9.88 Å². The summed E-state index contributed by atoms with van der Waals surface area (Å²) >= 11 is 0. The van der Waals surface area contributed by atoms with Crippen LogP contribution in [0, 0.1) is 0 Å². The second-order valence-electron chi connectivity index (χ2n) is 4.27. The molecule has 1 aromatic heterocycles. The number of fused-ring (bicyclic) bond motifs is 1. The zero-order chi connectivity index (χ0) is 12.1. The first-order chi connectivity index (χ1) is 8.25. The molecule has 88 valence electrons. The van der Waals surface area contributed by atoms with Crippen molar-refractivity contribution in [2.45, 2.75) is 0 Å². The lowest BCUT2D eigenvalue weighted by Gasteiger charge is -2.05. The Bertz CT molecular complexity index is 518. The highest BCUT2D eigenvalue weighted by molar-refractivity contribution is 5.84. The molecule has 0 atom stereocenters. The topological polar surface area (TPSA) is 28.5 Å². The zero-order valence-corrected chi connectivity index (χ0v) is 10.3. The number of hydrogen-bond donors (Lipinski definition) is 0. The Morgan fingerprint density at radius 2 is 2.00 bits per heavy atom. The number of hydrogen-bond acceptors (Lipinski definition) is 3. The number of rotatable bonds is 4. The molecule has 0 bridgehead atoms. The molecule has 3 heteroatoms. The third-order valence-electron chi connectivity index (χ3n) is 2.52. The maximum Gasteiger partial charge on any atom is 0.0815 e. The van der Waals surface area contributed by atoms with Gasteiger partial charge in [-0.15, -0.1) is 0 Å². The average molecular weight is 227 g/mol. The number of aliphatic imine (C=N–C) groups is 1. The van der Waals surface area contributed by atoms with Crippen LogP contribution in [0.1, 0.15) is 5.69 Å². The van der Waals surface area contributed by atoms with E-state index in [9.17, 15) is 0 Å². The molecular formula is C14H17N3. The summed E-state index contributed by atoms with van der Waals surface area (Å²) in [5.74, 6) is 0. The van der Waals surface area contributed by atoms with E-state index >= 15 is 0 Å². The molecule has 2 aromatic rings. The highest BCUT2D eigenvalue weighted by atomic mass is 15.1. The summed E-state index contributed by atoms with van der Waals surface area (Å²) in [4.78, 5) is 11.0. The summed E-state index contributed by atoms with van der Waals surface area (Å²) in [5, 5.41) is 1.16. The molecule has 0 amide bonds. The van der Waals surface area contributed by atoms with Gasteiger partial charge in [-0.1, -0.05) is 24.3 Å². The molecule has 0 spiro atoms. The molecule has 0 fully saturated rings. The molecule has 0 aliphatic rings. The summed E-state index contributed by atoms with van der Waals surface area (Å²) in [5.41, 5.74) is 1.94. The highest BCUT2D eigenvalue weighted by Crippen LogP contribution is 2.10. The van der Waals surface area contributed by atoms with E-state index in [-0.39, 0.29) is 0 Å². The van der Waals surface area contributed by atoms with Crippen LogP contribution < -0.4 is 0 Å². The predicted molar refractivity (Wildman–Crippen MR) is 72.8 cm³/mol. The van der Waals surface area contributed by atoms with Gasteiger partial charge in [0.25, 0.3) is 0 Å². The maximum absolute atomic E-state index is 4.53. The second kappa shape index (κ2) is 5.55. The van der Waals surface area contributed by atoms with E-state index < -0.39 is 0 Å². The van der Waals surface area contributed by atoms with Gasteiger partial charge in [-0.05, 0) is 26.2 Å². The van der Waals surface area contributed by atoms with Crippen LogP contribution in [0.15, 0.2) is 41.4 Å². The number of likely N-dealkylation sites (N-methyl/N-ethyl adjacent to an activating group) is 1. The third kappa shape index (κ3) is 3.36. The van der Waals surface area contributed by atoms with Crippen molar-refractivity contribution in [1.29, 1.82) is 0 Å². The summed E-state index contributed by atoms with van der Waals surface area (Å²) in [6.45, 7) is 1.77. The molecule has 2 rings (SSSR count). The number of benzene rings is 1. The first-order valence-electron chi connectivity index (χ1n) is 5.76. The van der Waals surface area contributed by atoms with Crippen LogP contribution in [0.4, 0.5) is 0 Å². The Balaban J connectivity index is 2.09. The molecule has 0 radical (unpaired) electrons. The van der Waals surface area contributed by atoms with Crippen molar-refractivity contribution in [3.05, 3.63) is 42.1 Å². The molecule has 0 aliphatic heterocycles. The Kier molecular flexibility index (Phi) is 3.83. The first-order valence-corrected chi connectivity index (χ1v) is 5.76. The van der Waals surface area contributed by atoms with Crippen molar-refractivity contribution in [3.8, 4) is 0 Å². The molecule has 0 N–H and O–H groups in total. The van der Waals surface area contributed by atoms with Crippen molar-refractivity contribution in [2.24, 2.45) is 4.99 Å². The minimum atomic E-state index is 0.807. The van der Waals surface area contributed by atoms with Crippen LogP contribution in [0.5, 0.6) is 0 Å². The SMILES string of the molecule is CN(C)CCN=Cc1ccc2ccccc2n1. The molecular weight excluding hydrogens is 210 g/mol. The van der Waals surface area contributed by atoms with Crippen molar-refractivity contribution >= 4 is 17.1 Å². The van der Waals surface area contributed by atoms with E-state index in [1.807, 2.05) is 44.6 Å². The van der Waals surface area contributed by atoms with Gasteiger partial charge in [0.15, 0.2) is 0 Å².